The van der Waals surface area contributed by atoms with Crippen molar-refractivity contribution in [3.8, 4) is 0 Å². The number of aliphatic carboxylic acids is 2. The van der Waals surface area contributed by atoms with E-state index in [-0.39, 0.29) is 13.2 Å². The standard InChI is InChI=1S/C6H14O2.2C2H4O2/c7-5-3-1-2-4-6-8;2*1-2(3)4/h7-8H,1-6H2;2*1H3,(H,3,4). The average Bonchev–Trinajstić information content (AvgIpc) is 2.11. The predicted molar refractivity (Wildman–Crippen MR) is 59.3 cm³/mol. The number of carbonyl (C=O) groups is 2. The van der Waals surface area contributed by atoms with E-state index in [4.69, 9.17) is 30.0 Å². The molecule has 4 N–H and O–H groups in total. The van der Waals surface area contributed by atoms with Crippen LogP contribution in [-0.2, 0) is 9.59 Å². The van der Waals surface area contributed by atoms with Crippen LogP contribution in [0.5, 0.6) is 0 Å². The molecule has 0 unspecified atom stereocenters. The number of unbranched alkanes of at least 4 members (excludes halogenated alkanes) is 3. The summed E-state index contributed by atoms with van der Waals surface area (Å²) in [6.07, 6.45) is 3.83. The van der Waals surface area contributed by atoms with E-state index in [0.717, 1.165) is 39.5 Å². The lowest BCUT2D eigenvalue weighted by Crippen LogP contribution is -1.85. The van der Waals surface area contributed by atoms with Crippen LogP contribution in [0.15, 0.2) is 0 Å². The highest BCUT2D eigenvalue weighted by Gasteiger charge is 1.84. The summed E-state index contributed by atoms with van der Waals surface area (Å²) in [6.45, 7) is 2.73. The van der Waals surface area contributed by atoms with E-state index >= 15 is 0 Å². The van der Waals surface area contributed by atoms with Crippen molar-refractivity contribution in [1.29, 1.82) is 0 Å². The van der Waals surface area contributed by atoms with E-state index in [0.29, 0.717) is 0 Å². The van der Waals surface area contributed by atoms with Gasteiger partial charge in [-0.3, -0.25) is 9.59 Å². The van der Waals surface area contributed by atoms with E-state index in [1.807, 2.05) is 0 Å². The van der Waals surface area contributed by atoms with Crippen LogP contribution in [0.4, 0.5) is 0 Å². The minimum atomic E-state index is -0.833. The first-order valence-electron chi connectivity index (χ1n) is 4.99. The van der Waals surface area contributed by atoms with Gasteiger partial charge in [0.1, 0.15) is 0 Å². The summed E-state index contributed by atoms with van der Waals surface area (Å²) < 4.78 is 0. The predicted octanol–water partition coefficient (Wildman–Crippen LogP) is 0.713. The molecule has 0 atom stereocenters. The highest BCUT2D eigenvalue weighted by atomic mass is 16.4. The molecule has 0 bridgehead atoms. The first-order valence-corrected chi connectivity index (χ1v) is 4.99. The van der Waals surface area contributed by atoms with Crippen LogP contribution in [0.3, 0.4) is 0 Å². The Hall–Kier alpha value is -1.14. The smallest absolute Gasteiger partial charge is 0.300 e. The van der Waals surface area contributed by atoms with E-state index in [1.54, 1.807) is 0 Å². The second-order valence-corrected chi connectivity index (χ2v) is 2.90. The summed E-state index contributed by atoms with van der Waals surface area (Å²) in [5, 5.41) is 31.4. The average molecular weight is 238 g/mol. The van der Waals surface area contributed by atoms with Crippen LogP contribution < -0.4 is 0 Å². The van der Waals surface area contributed by atoms with Gasteiger partial charge >= 0.3 is 0 Å². The Morgan fingerprint density at radius 2 is 0.938 bits per heavy atom. The molecule has 6 heteroatoms. The highest BCUT2D eigenvalue weighted by molar-refractivity contribution is 5.63. The van der Waals surface area contributed by atoms with Crippen molar-refractivity contribution in [2.24, 2.45) is 0 Å². The Bertz CT molecular complexity index is 131. The minimum Gasteiger partial charge on any atom is -0.481 e. The van der Waals surface area contributed by atoms with Crippen molar-refractivity contribution >= 4 is 11.9 Å². The Balaban J connectivity index is -0.000000179. The Morgan fingerprint density at radius 3 is 1.06 bits per heavy atom. The number of carboxylic acid groups (broad SMARTS) is 2. The van der Waals surface area contributed by atoms with E-state index in [1.165, 1.54) is 0 Å². The lowest BCUT2D eigenvalue weighted by molar-refractivity contribution is -0.135. The van der Waals surface area contributed by atoms with Gasteiger partial charge in [0.05, 0.1) is 0 Å². The van der Waals surface area contributed by atoms with Crippen molar-refractivity contribution in [3.63, 3.8) is 0 Å². The molecule has 6 nitrogen and oxygen atoms in total. The minimum absolute atomic E-state index is 0.283. The first kappa shape index (κ1) is 20.3. The molecule has 0 aromatic heterocycles. The summed E-state index contributed by atoms with van der Waals surface area (Å²) in [7, 11) is 0. The molecule has 16 heavy (non-hydrogen) atoms. The molecule has 0 saturated carbocycles. The summed E-state index contributed by atoms with van der Waals surface area (Å²) in [4.78, 5) is 18.0. The second kappa shape index (κ2) is 19.4. The van der Waals surface area contributed by atoms with E-state index in [9.17, 15) is 0 Å². The number of rotatable bonds is 5. The molecule has 0 spiro atoms. The zero-order chi connectivity index (χ0) is 13.4. The largest absolute Gasteiger partial charge is 0.481 e. The van der Waals surface area contributed by atoms with E-state index < -0.39 is 11.9 Å². The number of carboxylic acids is 2. The summed E-state index contributed by atoms with van der Waals surface area (Å²) >= 11 is 0. The van der Waals surface area contributed by atoms with Crippen LogP contribution in [0.2, 0.25) is 0 Å². The maximum Gasteiger partial charge on any atom is 0.300 e. The van der Waals surface area contributed by atoms with Crippen molar-refractivity contribution in [1.82, 2.24) is 0 Å². The summed E-state index contributed by atoms with van der Waals surface area (Å²) in [5.41, 5.74) is 0. The van der Waals surface area contributed by atoms with Crippen LogP contribution >= 0.6 is 0 Å². The van der Waals surface area contributed by atoms with Gasteiger partial charge in [0.25, 0.3) is 11.9 Å². The molecule has 0 heterocycles. The van der Waals surface area contributed by atoms with Gasteiger partial charge in [-0.05, 0) is 12.8 Å². The second-order valence-electron chi connectivity index (χ2n) is 2.90. The molecule has 0 aliphatic heterocycles. The number of hydrogen-bond acceptors (Lipinski definition) is 4. The highest BCUT2D eigenvalue weighted by Crippen LogP contribution is 1.96. The lowest BCUT2D eigenvalue weighted by Gasteiger charge is -1.93. The molecule has 0 amide bonds. The third kappa shape index (κ3) is 121. The number of aliphatic hydroxyl groups excluding tert-OH is 2. The first-order chi connectivity index (χ1) is 7.38. The normalized spacial score (nSPS) is 8.00. The fraction of sp³-hybridized carbons (Fsp3) is 0.800. The SMILES string of the molecule is CC(=O)O.CC(=O)O.OCCCCCCO. The maximum absolute atomic E-state index is 9.00. The van der Waals surface area contributed by atoms with Gasteiger partial charge in [0.15, 0.2) is 0 Å². The molecular formula is C10H22O6. The monoisotopic (exact) mass is 238 g/mol. The summed E-state index contributed by atoms with van der Waals surface area (Å²) in [5.74, 6) is -1.67. The molecule has 0 rings (SSSR count). The third-order valence-electron chi connectivity index (χ3n) is 1.07. The number of aliphatic hydroxyl groups is 2. The van der Waals surface area contributed by atoms with Gasteiger partial charge in [-0.2, -0.15) is 0 Å². The molecule has 0 radical (unpaired) electrons. The molecule has 0 aromatic rings. The van der Waals surface area contributed by atoms with Crippen LogP contribution in [-0.4, -0.2) is 45.6 Å². The van der Waals surface area contributed by atoms with Crippen molar-refractivity contribution in [3.05, 3.63) is 0 Å². The van der Waals surface area contributed by atoms with Crippen LogP contribution in [0.1, 0.15) is 39.5 Å². The Labute approximate surface area is 95.5 Å². The van der Waals surface area contributed by atoms with Gasteiger partial charge in [-0.25, -0.2) is 0 Å². The number of hydrogen-bond donors (Lipinski definition) is 4. The van der Waals surface area contributed by atoms with Gasteiger partial charge in [-0.15, -0.1) is 0 Å². The zero-order valence-corrected chi connectivity index (χ0v) is 9.85. The molecule has 98 valence electrons. The Kier molecular flexibility index (Phi) is 24.7. The van der Waals surface area contributed by atoms with Gasteiger partial charge in [0, 0.05) is 27.1 Å². The van der Waals surface area contributed by atoms with Crippen molar-refractivity contribution < 1.29 is 30.0 Å². The topological polar surface area (TPSA) is 115 Å². The Morgan fingerprint density at radius 1 is 0.750 bits per heavy atom. The summed E-state index contributed by atoms with van der Waals surface area (Å²) in [6, 6.07) is 0. The molecular weight excluding hydrogens is 216 g/mol. The molecule has 0 fully saturated rings. The molecule has 0 aliphatic rings. The van der Waals surface area contributed by atoms with Gasteiger partial charge in [-0.1, -0.05) is 12.8 Å². The third-order valence-corrected chi connectivity index (χ3v) is 1.07. The molecule has 0 aliphatic carbocycles. The molecule has 0 aromatic carbocycles. The molecule has 0 saturated heterocycles. The van der Waals surface area contributed by atoms with Crippen molar-refractivity contribution in [2.75, 3.05) is 13.2 Å². The fourth-order valence-corrected chi connectivity index (χ4v) is 0.577. The fourth-order valence-electron chi connectivity index (χ4n) is 0.577. The van der Waals surface area contributed by atoms with E-state index in [2.05, 4.69) is 0 Å². The van der Waals surface area contributed by atoms with Gasteiger partial charge in [0.2, 0.25) is 0 Å². The van der Waals surface area contributed by atoms with Crippen LogP contribution in [0.25, 0.3) is 0 Å². The zero-order valence-electron chi connectivity index (χ0n) is 9.85. The lowest BCUT2D eigenvalue weighted by atomic mass is 10.2. The maximum atomic E-state index is 9.00. The van der Waals surface area contributed by atoms with Gasteiger partial charge < -0.3 is 20.4 Å². The quantitative estimate of drug-likeness (QED) is 0.524. The van der Waals surface area contributed by atoms with Crippen molar-refractivity contribution in [2.45, 2.75) is 39.5 Å². The van der Waals surface area contributed by atoms with Crippen LogP contribution in [0, 0.1) is 0 Å².